The van der Waals surface area contributed by atoms with Crippen molar-refractivity contribution in [3.8, 4) is 5.75 Å². The number of benzene rings is 1. The number of rotatable bonds is 1. The van der Waals surface area contributed by atoms with Crippen molar-refractivity contribution >= 4 is 5.69 Å². The van der Waals surface area contributed by atoms with E-state index in [1.807, 2.05) is 0 Å². The Morgan fingerprint density at radius 3 is 2.16 bits per heavy atom. The highest BCUT2D eigenvalue weighted by Crippen LogP contribution is 2.60. The lowest BCUT2D eigenvalue weighted by Crippen LogP contribution is -2.43. The van der Waals surface area contributed by atoms with Crippen LogP contribution in [0.1, 0.15) is 43.6 Å². The zero-order chi connectivity index (χ0) is 13.1. The fourth-order valence-corrected chi connectivity index (χ4v) is 5.29. The molecular weight excluding hydrogens is 241 g/mol. The average Bonchev–Trinajstić information content (AvgIpc) is 2.34. The van der Waals surface area contributed by atoms with Gasteiger partial charge < -0.3 is 10.8 Å². The lowest BCUT2D eigenvalue weighted by Gasteiger charge is -2.54. The molecule has 0 saturated heterocycles. The van der Waals surface area contributed by atoms with Crippen molar-refractivity contribution < 1.29 is 9.50 Å². The summed E-state index contributed by atoms with van der Waals surface area (Å²) in [5.74, 6) is 3.22. The normalized spacial score (nSPS) is 39.7. The third-order valence-electron chi connectivity index (χ3n) is 5.73. The fraction of sp³-hybridized carbons (Fsp3) is 0.625. The van der Waals surface area contributed by atoms with Gasteiger partial charge in [-0.2, -0.15) is 0 Å². The van der Waals surface area contributed by atoms with Crippen molar-refractivity contribution in [1.29, 1.82) is 0 Å². The number of nitrogen functional groups attached to an aromatic ring is 1. The van der Waals surface area contributed by atoms with Crippen molar-refractivity contribution in [2.45, 2.75) is 38.0 Å². The number of aromatic hydroxyl groups is 1. The summed E-state index contributed by atoms with van der Waals surface area (Å²) in [5.41, 5.74) is 6.38. The summed E-state index contributed by atoms with van der Waals surface area (Å²) in [6.45, 7) is 0. The first-order chi connectivity index (χ1) is 9.11. The van der Waals surface area contributed by atoms with Gasteiger partial charge >= 0.3 is 0 Å². The Kier molecular flexibility index (Phi) is 2.36. The molecule has 4 fully saturated rings. The van der Waals surface area contributed by atoms with Gasteiger partial charge in [-0.3, -0.25) is 0 Å². The van der Waals surface area contributed by atoms with Crippen LogP contribution in [0.3, 0.4) is 0 Å². The minimum Gasteiger partial charge on any atom is -0.508 e. The van der Waals surface area contributed by atoms with Crippen LogP contribution in [0.5, 0.6) is 5.75 Å². The summed E-state index contributed by atoms with van der Waals surface area (Å²) in [6.07, 6.45) is 6.47. The van der Waals surface area contributed by atoms with Gasteiger partial charge in [0.2, 0.25) is 0 Å². The molecular formula is C16H20FNO. The molecule has 4 bridgehead atoms. The van der Waals surface area contributed by atoms with Crippen molar-refractivity contribution in [3.63, 3.8) is 0 Å². The van der Waals surface area contributed by atoms with Gasteiger partial charge in [0.05, 0.1) is 5.69 Å². The molecule has 19 heavy (non-hydrogen) atoms. The van der Waals surface area contributed by atoms with Gasteiger partial charge in [0.1, 0.15) is 11.6 Å². The summed E-state index contributed by atoms with van der Waals surface area (Å²) in [7, 11) is 0. The molecule has 0 spiro atoms. The maximum absolute atomic E-state index is 13.7. The lowest BCUT2D eigenvalue weighted by molar-refractivity contribution is -0.00354. The lowest BCUT2D eigenvalue weighted by atomic mass is 9.50. The molecule has 0 aliphatic heterocycles. The van der Waals surface area contributed by atoms with Crippen LogP contribution in [0, 0.1) is 29.5 Å². The zero-order valence-corrected chi connectivity index (χ0v) is 11.0. The number of phenols is 1. The molecule has 1 aromatic carbocycles. The van der Waals surface area contributed by atoms with E-state index in [9.17, 15) is 9.50 Å². The van der Waals surface area contributed by atoms with Gasteiger partial charge in [-0.05, 0) is 67.8 Å². The number of anilines is 1. The molecule has 0 heterocycles. The van der Waals surface area contributed by atoms with E-state index in [-0.39, 0.29) is 17.3 Å². The molecule has 3 N–H and O–H groups in total. The first-order valence-electron chi connectivity index (χ1n) is 7.39. The number of nitrogens with two attached hydrogens (primary N) is 1. The molecule has 5 rings (SSSR count). The Balaban J connectivity index is 1.75. The third-order valence-corrected chi connectivity index (χ3v) is 5.73. The van der Waals surface area contributed by atoms with Crippen molar-refractivity contribution in [2.24, 2.45) is 23.7 Å². The van der Waals surface area contributed by atoms with Gasteiger partial charge in [-0.1, -0.05) is 0 Å². The number of halogens is 1. The Morgan fingerprint density at radius 2 is 1.58 bits per heavy atom. The molecule has 1 aromatic rings. The Hall–Kier alpha value is -1.25. The van der Waals surface area contributed by atoms with Gasteiger partial charge in [0.15, 0.2) is 0 Å². The van der Waals surface area contributed by atoms with E-state index in [0.29, 0.717) is 17.8 Å². The van der Waals surface area contributed by atoms with Crippen LogP contribution in [0.25, 0.3) is 0 Å². The average molecular weight is 261 g/mol. The first kappa shape index (κ1) is 11.6. The highest BCUT2D eigenvalue weighted by Gasteiger charge is 2.49. The Bertz CT molecular complexity index is 500. The van der Waals surface area contributed by atoms with Crippen molar-refractivity contribution in [1.82, 2.24) is 0 Å². The summed E-state index contributed by atoms with van der Waals surface area (Å²) >= 11 is 0. The minimum absolute atomic E-state index is 0.0464. The highest BCUT2D eigenvalue weighted by molar-refractivity contribution is 5.51. The van der Waals surface area contributed by atoms with Gasteiger partial charge in [0, 0.05) is 11.6 Å². The Labute approximate surface area is 112 Å². The van der Waals surface area contributed by atoms with E-state index in [0.717, 1.165) is 17.4 Å². The molecule has 4 saturated carbocycles. The molecule has 4 aliphatic carbocycles. The molecule has 4 aliphatic rings. The molecule has 102 valence electrons. The van der Waals surface area contributed by atoms with Gasteiger partial charge in [-0.25, -0.2) is 4.39 Å². The number of phenolic OH excluding ortho intramolecular Hbond substituents is 1. The van der Waals surface area contributed by atoms with Crippen LogP contribution in [0.15, 0.2) is 12.1 Å². The zero-order valence-electron chi connectivity index (χ0n) is 11.0. The molecule has 0 amide bonds. The van der Waals surface area contributed by atoms with E-state index in [2.05, 4.69) is 0 Å². The van der Waals surface area contributed by atoms with E-state index in [4.69, 9.17) is 5.73 Å². The molecule has 0 atom stereocenters. The maximum atomic E-state index is 13.7. The second-order valence-corrected chi connectivity index (χ2v) is 6.89. The van der Waals surface area contributed by atoms with Crippen molar-refractivity contribution in [3.05, 3.63) is 23.5 Å². The summed E-state index contributed by atoms with van der Waals surface area (Å²) in [4.78, 5) is 0. The predicted octanol–water partition coefficient (Wildman–Crippen LogP) is 3.65. The number of hydrogen-bond acceptors (Lipinski definition) is 2. The second kappa shape index (κ2) is 3.87. The standard InChI is InChI=1S/C16H20FNO/c17-13-6-12(15(19)7-14(13)18)16-10-2-8-1-9(4-10)5-11(16)3-8/h6-11,16,19H,1-5,18H2. The fourth-order valence-electron chi connectivity index (χ4n) is 5.29. The van der Waals surface area contributed by atoms with Crippen LogP contribution in [0.4, 0.5) is 10.1 Å². The van der Waals surface area contributed by atoms with Crippen LogP contribution in [-0.4, -0.2) is 5.11 Å². The third kappa shape index (κ3) is 1.67. The van der Waals surface area contributed by atoms with E-state index in [1.54, 1.807) is 0 Å². The first-order valence-corrected chi connectivity index (χ1v) is 7.39. The monoisotopic (exact) mass is 261 g/mol. The summed E-state index contributed by atoms with van der Waals surface area (Å²) in [6, 6.07) is 2.87. The number of hydrogen-bond donors (Lipinski definition) is 2. The van der Waals surface area contributed by atoms with Crippen molar-refractivity contribution in [2.75, 3.05) is 5.73 Å². The van der Waals surface area contributed by atoms with E-state index in [1.165, 1.54) is 44.2 Å². The van der Waals surface area contributed by atoms with E-state index >= 15 is 0 Å². The Morgan fingerprint density at radius 1 is 1.00 bits per heavy atom. The molecule has 0 unspecified atom stereocenters. The molecule has 0 radical (unpaired) electrons. The minimum atomic E-state index is -0.387. The van der Waals surface area contributed by atoms with Gasteiger partial charge in [-0.15, -0.1) is 0 Å². The van der Waals surface area contributed by atoms with E-state index < -0.39 is 0 Å². The predicted molar refractivity (Wildman–Crippen MR) is 72.3 cm³/mol. The SMILES string of the molecule is Nc1cc(O)c(C2C3CC4CC(C3)CC2C4)cc1F. The second-order valence-electron chi connectivity index (χ2n) is 6.89. The molecule has 0 aromatic heterocycles. The quantitative estimate of drug-likeness (QED) is 0.758. The summed E-state index contributed by atoms with van der Waals surface area (Å²) in [5, 5.41) is 10.2. The topological polar surface area (TPSA) is 46.2 Å². The maximum Gasteiger partial charge on any atom is 0.146 e. The summed E-state index contributed by atoms with van der Waals surface area (Å²) < 4.78 is 13.7. The van der Waals surface area contributed by atoms with Crippen LogP contribution < -0.4 is 5.73 Å². The smallest absolute Gasteiger partial charge is 0.146 e. The van der Waals surface area contributed by atoms with Crippen LogP contribution in [-0.2, 0) is 0 Å². The largest absolute Gasteiger partial charge is 0.508 e. The highest BCUT2D eigenvalue weighted by atomic mass is 19.1. The molecule has 2 nitrogen and oxygen atoms in total. The van der Waals surface area contributed by atoms with Crippen LogP contribution in [0.2, 0.25) is 0 Å². The van der Waals surface area contributed by atoms with Gasteiger partial charge in [0.25, 0.3) is 0 Å². The molecule has 3 heteroatoms. The van der Waals surface area contributed by atoms with Crippen LogP contribution >= 0.6 is 0 Å².